The molecule has 0 saturated carbocycles. The predicted molar refractivity (Wildman–Crippen MR) is 68.8 cm³/mol. The molecule has 94 valence electrons. The van der Waals surface area contributed by atoms with Crippen LogP contribution in [0, 0.1) is 0 Å². The third-order valence-corrected chi connectivity index (χ3v) is 2.58. The summed E-state index contributed by atoms with van der Waals surface area (Å²) in [5, 5.41) is 5.63. The molecule has 0 spiro atoms. The summed E-state index contributed by atoms with van der Waals surface area (Å²) in [6.45, 7) is 4.05. The molecule has 1 aromatic heterocycles. The summed E-state index contributed by atoms with van der Waals surface area (Å²) in [6.07, 6.45) is 1.77. The van der Waals surface area contributed by atoms with Gasteiger partial charge in [0, 0.05) is 26.8 Å². The smallest absolute Gasteiger partial charge is 0.233 e. The molecule has 1 heterocycles. The zero-order valence-corrected chi connectivity index (χ0v) is 10.7. The van der Waals surface area contributed by atoms with Gasteiger partial charge in [0.15, 0.2) is 0 Å². The zero-order chi connectivity index (χ0) is 12.7. The molecule has 1 amide bonds. The number of carbonyl (C=O) groups is 1. The van der Waals surface area contributed by atoms with E-state index in [1.807, 2.05) is 26.1 Å². The van der Waals surface area contributed by atoms with E-state index in [9.17, 15) is 4.79 Å². The molecular weight excluding hydrogens is 216 g/mol. The van der Waals surface area contributed by atoms with Crippen LogP contribution >= 0.6 is 0 Å². The summed E-state index contributed by atoms with van der Waals surface area (Å²) in [7, 11) is 3.50. The summed E-state index contributed by atoms with van der Waals surface area (Å²) >= 11 is 0. The summed E-state index contributed by atoms with van der Waals surface area (Å²) in [5.74, 6) is 0.883. The minimum Gasteiger partial charge on any atom is -0.373 e. The fraction of sp³-hybridized carbons (Fsp3) is 0.500. The third kappa shape index (κ3) is 4.40. The van der Waals surface area contributed by atoms with E-state index in [1.54, 1.807) is 13.2 Å². The van der Waals surface area contributed by atoms with Crippen LogP contribution in [0.5, 0.6) is 0 Å². The lowest BCUT2D eigenvalue weighted by Crippen LogP contribution is -2.35. The van der Waals surface area contributed by atoms with Gasteiger partial charge in [-0.15, -0.1) is 0 Å². The number of anilines is 1. The van der Waals surface area contributed by atoms with Crippen molar-refractivity contribution in [1.82, 2.24) is 15.2 Å². The monoisotopic (exact) mass is 236 g/mol. The summed E-state index contributed by atoms with van der Waals surface area (Å²) in [6, 6.07) is 3.96. The molecule has 5 nitrogen and oxygen atoms in total. The maximum absolute atomic E-state index is 11.3. The van der Waals surface area contributed by atoms with E-state index in [2.05, 4.69) is 20.5 Å². The van der Waals surface area contributed by atoms with Crippen molar-refractivity contribution in [3.8, 4) is 0 Å². The second-order valence-electron chi connectivity index (χ2n) is 3.78. The molecule has 0 fully saturated rings. The molecule has 0 radical (unpaired) electrons. The van der Waals surface area contributed by atoms with E-state index in [4.69, 9.17) is 0 Å². The molecule has 0 unspecified atom stereocenters. The van der Waals surface area contributed by atoms with Crippen molar-refractivity contribution in [3.63, 3.8) is 0 Å². The average molecular weight is 236 g/mol. The SMILES string of the molecule is CCN(CC(=O)NC)Cc1ccnc(NC)c1. The van der Waals surface area contributed by atoms with Crippen LogP contribution in [-0.4, -0.2) is 43.0 Å². The van der Waals surface area contributed by atoms with Crippen molar-refractivity contribution in [3.05, 3.63) is 23.9 Å². The van der Waals surface area contributed by atoms with Crippen molar-refractivity contribution in [2.75, 3.05) is 32.5 Å². The maximum Gasteiger partial charge on any atom is 0.233 e. The lowest BCUT2D eigenvalue weighted by molar-refractivity contribution is -0.121. The maximum atomic E-state index is 11.3. The molecule has 0 bridgehead atoms. The number of nitrogens with zero attached hydrogens (tertiary/aromatic N) is 2. The third-order valence-electron chi connectivity index (χ3n) is 2.58. The summed E-state index contributed by atoms with van der Waals surface area (Å²) < 4.78 is 0. The highest BCUT2D eigenvalue weighted by Gasteiger charge is 2.08. The molecular formula is C12H20N4O. The molecule has 17 heavy (non-hydrogen) atoms. The topological polar surface area (TPSA) is 57.3 Å². The molecule has 1 aromatic rings. The first-order valence-electron chi connectivity index (χ1n) is 5.75. The quantitative estimate of drug-likeness (QED) is 0.763. The molecule has 2 N–H and O–H groups in total. The fourth-order valence-electron chi connectivity index (χ4n) is 1.53. The Kier molecular flexibility index (Phi) is 5.42. The minimum absolute atomic E-state index is 0.0368. The highest BCUT2D eigenvalue weighted by molar-refractivity contribution is 5.77. The number of hydrogen-bond donors (Lipinski definition) is 2. The Balaban J connectivity index is 2.63. The Morgan fingerprint density at radius 1 is 1.47 bits per heavy atom. The Labute approximate surface area is 102 Å². The first kappa shape index (κ1) is 13.4. The number of hydrogen-bond acceptors (Lipinski definition) is 4. The minimum atomic E-state index is 0.0368. The van der Waals surface area contributed by atoms with Crippen LogP contribution in [0.1, 0.15) is 12.5 Å². The van der Waals surface area contributed by atoms with E-state index in [1.165, 1.54) is 0 Å². The highest BCUT2D eigenvalue weighted by atomic mass is 16.1. The molecule has 0 aliphatic carbocycles. The largest absolute Gasteiger partial charge is 0.373 e. The summed E-state index contributed by atoms with van der Waals surface area (Å²) in [4.78, 5) is 17.6. The number of rotatable bonds is 6. The van der Waals surface area contributed by atoms with Crippen molar-refractivity contribution in [2.24, 2.45) is 0 Å². The van der Waals surface area contributed by atoms with Gasteiger partial charge in [-0.05, 0) is 24.2 Å². The second-order valence-corrected chi connectivity index (χ2v) is 3.78. The van der Waals surface area contributed by atoms with Gasteiger partial charge >= 0.3 is 0 Å². The van der Waals surface area contributed by atoms with E-state index in [-0.39, 0.29) is 5.91 Å². The van der Waals surface area contributed by atoms with E-state index in [0.717, 1.165) is 24.5 Å². The van der Waals surface area contributed by atoms with Crippen molar-refractivity contribution < 1.29 is 4.79 Å². The number of nitrogens with one attached hydrogen (secondary N) is 2. The van der Waals surface area contributed by atoms with E-state index in [0.29, 0.717) is 6.54 Å². The fourth-order valence-corrected chi connectivity index (χ4v) is 1.53. The van der Waals surface area contributed by atoms with Crippen LogP contribution in [0.15, 0.2) is 18.3 Å². The van der Waals surface area contributed by atoms with Crippen LogP contribution < -0.4 is 10.6 Å². The Morgan fingerprint density at radius 3 is 2.82 bits per heavy atom. The van der Waals surface area contributed by atoms with Gasteiger partial charge in [-0.25, -0.2) is 4.98 Å². The average Bonchev–Trinajstić information content (AvgIpc) is 2.37. The van der Waals surface area contributed by atoms with Gasteiger partial charge in [0.05, 0.1) is 6.54 Å². The summed E-state index contributed by atoms with van der Waals surface area (Å²) in [5.41, 5.74) is 1.15. The van der Waals surface area contributed by atoms with E-state index < -0.39 is 0 Å². The number of aromatic nitrogens is 1. The standard InChI is InChI=1S/C12H20N4O/c1-4-16(9-12(17)14-3)8-10-5-6-15-11(7-10)13-2/h5-7H,4,8-9H2,1-3H3,(H,13,15)(H,14,17). The van der Waals surface area contributed by atoms with Crippen LogP contribution in [0.4, 0.5) is 5.82 Å². The van der Waals surface area contributed by atoms with Crippen LogP contribution in [0.2, 0.25) is 0 Å². The van der Waals surface area contributed by atoms with E-state index >= 15 is 0 Å². The van der Waals surface area contributed by atoms with Gasteiger partial charge < -0.3 is 10.6 Å². The lowest BCUT2D eigenvalue weighted by Gasteiger charge is -2.19. The molecule has 1 rings (SSSR count). The number of carbonyl (C=O) groups excluding carboxylic acids is 1. The van der Waals surface area contributed by atoms with Crippen molar-refractivity contribution >= 4 is 11.7 Å². The molecule has 0 saturated heterocycles. The number of amides is 1. The molecule has 0 aliphatic heterocycles. The van der Waals surface area contributed by atoms with Gasteiger partial charge in [0.1, 0.15) is 5.82 Å². The first-order valence-corrected chi connectivity index (χ1v) is 5.75. The highest BCUT2D eigenvalue weighted by Crippen LogP contribution is 2.08. The Hall–Kier alpha value is -1.62. The number of likely N-dealkylation sites (N-methyl/N-ethyl adjacent to an activating group) is 2. The van der Waals surface area contributed by atoms with Gasteiger partial charge in [-0.3, -0.25) is 9.69 Å². The second kappa shape index (κ2) is 6.85. The number of pyridine rings is 1. The van der Waals surface area contributed by atoms with Gasteiger partial charge in [-0.1, -0.05) is 6.92 Å². The molecule has 5 heteroatoms. The molecule has 0 aromatic carbocycles. The Bertz CT molecular complexity index is 367. The normalized spacial score (nSPS) is 10.4. The van der Waals surface area contributed by atoms with Gasteiger partial charge in [0.2, 0.25) is 5.91 Å². The first-order chi connectivity index (χ1) is 8.19. The lowest BCUT2D eigenvalue weighted by atomic mass is 10.2. The van der Waals surface area contributed by atoms with Crippen LogP contribution in [0.3, 0.4) is 0 Å². The molecule has 0 aliphatic rings. The van der Waals surface area contributed by atoms with Crippen LogP contribution in [0.25, 0.3) is 0 Å². The van der Waals surface area contributed by atoms with Crippen LogP contribution in [-0.2, 0) is 11.3 Å². The van der Waals surface area contributed by atoms with Gasteiger partial charge in [0.25, 0.3) is 0 Å². The van der Waals surface area contributed by atoms with Crippen molar-refractivity contribution in [1.29, 1.82) is 0 Å². The van der Waals surface area contributed by atoms with Gasteiger partial charge in [-0.2, -0.15) is 0 Å². The zero-order valence-electron chi connectivity index (χ0n) is 10.7. The predicted octanol–water partition coefficient (Wildman–Crippen LogP) is 0.691. The molecule has 0 atom stereocenters. The Morgan fingerprint density at radius 2 is 2.24 bits per heavy atom. The van der Waals surface area contributed by atoms with Crippen molar-refractivity contribution in [2.45, 2.75) is 13.5 Å².